The van der Waals surface area contributed by atoms with Gasteiger partial charge in [-0.1, -0.05) is 32.0 Å². The number of benzene rings is 1. The van der Waals surface area contributed by atoms with Gasteiger partial charge in [0.1, 0.15) is 0 Å². The SMILES string of the molecule is CCN(CC)C(=O)CCNc1ccccc1C(C)C. The first-order valence-electron chi connectivity index (χ1n) is 7.20. The number of nitrogens with zero attached hydrogens (tertiary/aromatic N) is 1. The van der Waals surface area contributed by atoms with Crippen molar-refractivity contribution in [1.82, 2.24) is 4.90 Å². The van der Waals surface area contributed by atoms with Crippen molar-refractivity contribution in [3.05, 3.63) is 29.8 Å². The van der Waals surface area contributed by atoms with Gasteiger partial charge in [-0.2, -0.15) is 0 Å². The molecule has 0 bridgehead atoms. The van der Waals surface area contributed by atoms with E-state index in [2.05, 4.69) is 37.4 Å². The lowest BCUT2D eigenvalue weighted by Crippen LogP contribution is -2.31. The summed E-state index contributed by atoms with van der Waals surface area (Å²) in [6, 6.07) is 8.30. The summed E-state index contributed by atoms with van der Waals surface area (Å²) in [6.45, 7) is 10.7. The first-order chi connectivity index (χ1) is 9.10. The summed E-state index contributed by atoms with van der Waals surface area (Å²) in [4.78, 5) is 13.8. The van der Waals surface area contributed by atoms with Crippen LogP contribution in [0.15, 0.2) is 24.3 Å². The van der Waals surface area contributed by atoms with Gasteiger partial charge in [-0.3, -0.25) is 4.79 Å². The van der Waals surface area contributed by atoms with E-state index in [0.717, 1.165) is 18.8 Å². The lowest BCUT2D eigenvalue weighted by atomic mass is 10.0. The zero-order valence-electron chi connectivity index (χ0n) is 12.6. The van der Waals surface area contributed by atoms with E-state index >= 15 is 0 Å². The second-order valence-corrected chi connectivity index (χ2v) is 4.98. The van der Waals surface area contributed by atoms with Crippen LogP contribution in [0, 0.1) is 0 Å². The van der Waals surface area contributed by atoms with Gasteiger partial charge < -0.3 is 10.2 Å². The molecule has 0 radical (unpaired) electrons. The maximum atomic E-state index is 11.9. The number of amides is 1. The average molecular weight is 262 g/mol. The molecule has 3 nitrogen and oxygen atoms in total. The molecule has 1 aromatic carbocycles. The highest BCUT2D eigenvalue weighted by Gasteiger charge is 2.10. The highest BCUT2D eigenvalue weighted by atomic mass is 16.2. The fourth-order valence-corrected chi connectivity index (χ4v) is 2.20. The molecule has 19 heavy (non-hydrogen) atoms. The van der Waals surface area contributed by atoms with Crippen LogP contribution in [0.4, 0.5) is 5.69 Å². The summed E-state index contributed by atoms with van der Waals surface area (Å²) in [5.74, 6) is 0.710. The molecule has 1 rings (SSSR count). The van der Waals surface area contributed by atoms with Gasteiger partial charge in [0.25, 0.3) is 0 Å². The van der Waals surface area contributed by atoms with Crippen LogP contribution in [0.1, 0.15) is 45.6 Å². The maximum absolute atomic E-state index is 11.9. The van der Waals surface area contributed by atoms with E-state index in [-0.39, 0.29) is 5.91 Å². The Labute approximate surface area is 117 Å². The minimum Gasteiger partial charge on any atom is -0.384 e. The van der Waals surface area contributed by atoms with E-state index in [1.807, 2.05) is 24.8 Å². The summed E-state index contributed by atoms with van der Waals surface area (Å²) < 4.78 is 0. The Morgan fingerprint density at radius 1 is 1.21 bits per heavy atom. The number of hydrogen-bond acceptors (Lipinski definition) is 2. The van der Waals surface area contributed by atoms with E-state index in [1.54, 1.807) is 0 Å². The Morgan fingerprint density at radius 2 is 1.84 bits per heavy atom. The van der Waals surface area contributed by atoms with E-state index in [4.69, 9.17) is 0 Å². The van der Waals surface area contributed by atoms with Gasteiger partial charge in [0.2, 0.25) is 5.91 Å². The number of nitrogens with one attached hydrogen (secondary N) is 1. The molecule has 0 atom stereocenters. The topological polar surface area (TPSA) is 32.3 Å². The van der Waals surface area contributed by atoms with Crippen molar-refractivity contribution in [3.8, 4) is 0 Å². The van der Waals surface area contributed by atoms with E-state index in [9.17, 15) is 4.79 Å². The summed E-state index contributed by atoms with van der Waals surface area (Å²) in [6.07, 6.45) is 0.550. The van der Waals surface area contributed by atoms with Crippen molar-refractivity contribution in [2.45, 2.75) is 40.0 Å². The predicted molar refractivity (Wildman–Crippen MR) is 81.6 cm³/mol. The monoisotopic (exact) mass is 262 g/mol. The van der Waals surface area contributed by atoms with Crippen molar-refractivity contribution < 1.29 is 4.79 Å². The van der Waals surface area contributed by atoms with Crippen LogP contribution >= 0.6 is 0 Å². The number of rotatable bonds is 7. The standard InChI is InChI=1S/C16H26N2O/c1-5-18(6-2)16(19)11-12-17-15-10-8-7-9-14(15)13(3)4/h7-10,13,17H,5-6,11-12H2,1-4H3. The van der Waals surface area contributed by atoms with Crippen LogP contribution in [-0.2, 0) is 4.79 Å². The average Bonchev–Trinajstić information content (AvgIpc) is 2.40. The minimum absolute atomic E-state index is 0.222. The third-order valence-corrected chi connectivity index (χ3v) is 3.35. The van der Waals surface area contributed by atoms with Crippen LogP contribution < -0.4 is 5.32 Å². The van der Waals surface area contributed by atoms with Gasteiger partial charge in [-0.15, -0.1) is 0 Å². The van der Waals surface area contributed by atoms with Crippen molar-refractivity contribution >= 4 is 11.6 Å². The number of para-hydroxylation sites is 1. The quantitative estimate of drug-likeness (QED) is 0.816. The fraction of sp³-hybridized carbons (Fsp3) is 0.562. The van der Waals surface area contributed by atoms with Crippen LogP contribution in [0.25, 0.3) is 0 Å². The Hall–Kier alpha value is -1.51. The smallest absolute Gasteiger partial charge is 0.224 e. The molecule has 0 fully saturated rings. The van der Waals surface area contributed by atoms with Gasteiger partial charge in [0.05, 0.1) is 0 Å². The third kappa shape index (κ3) is 4.58. The second kappa shape index (κ2) is 7.82. The molecule has 1 amide bonds. The minimum atomic E-state index is 0.222. The number of hydrogen-bond donors (Lipinski definition) is 1. The van der Waals surface area contributed by atoms with Gasteiger partial charge in [-0.05, 0) is 31.4 Å². The van der Waals surface area contributed by atoms with Crippen molar-refractivity contribution in [2.24, 2.45) is 0 Å². The van der Waals surface area contributed by atoms with E-state index < -0.39 is 0 Å². The highest BCUT2D eigenvalue weighted by molar-refractivity contribution is 5.76. The first-order valence-corrected chi connectivity index (χ1v) is 7.20. The molecule has 0 spiro atoms. The van der Waals surface area contributed by atoms with Gasteiger partial charge in [0, 0.05) is 31.7 Å². The molecule has 0 heterocycles. The van der Waals surface area contributed by atoms with Crippen molar-refractivity contribution in [3.63, 3.8) is 0 Å². The zero-order chi connectivity index (χ0) is 14.3. The number of anilines is 1. The van der Waals surface area contributed by atoms with E-state index in [1.165, 1.54) is 5.56 Å². The molecular formula is C16H26N2O. The normalized spacial score (nSPS) is 10.6. The van der Waals surface area contributed by atoms with Gasteiger partial charge in [-0.25, -0.2) is 0 Å². The Bertz CT molecular complexity index is 397. The molecule has 0 aliphatic carbocycles. The molecule has 0 aliphatic rings. The predicted octanol–water partition coefficient (Wildman–Crippen LogP) is 3.48. The molecule has 0 saturated carbocycles. The summed E-state index contributed by atoms with van der Waals surface area (Å²) in [5, 5.41) is 3.38. The number of carbonyl (C=O) groups is 1. The summed E-state index contributed by atoms with van der Waals surface area (Å²) in [5.41, 5.74) is 2.45. The molecular weight excluding hydrogens is 236 g/mol. The van der Waals surface area contributed by atoms with Crippen molar-refractivity contribution in [1.29, 1.82) is 0 Å². The van der Waals surface area contributed by atoms with Crippen LogP contribution in [-0.4, -0.2) is 30.4 Å². The fourth-order valence-electron chi connectivity index (χ4n) is 2.20. The molecule has 3 heteroatoms. The first kappa shape index (κ1) is 15.5. The molecule has 0 aromatic heterocycles. The summed E-state index contributed by atoms with van der Waals surface area (Å²) in [7, 11) is 0. The molecule has 1 aromatic rings. The molecule has 1 N–H and O–H groups in total. The molecule has 0 aliphatic heterocycles. The lowest BCUT2D eigenvalue weighted by Gasteiger charge is -2.19. The third-order valence-electron chi connectivity index (χ3n) is 3.35. The van der Waals surface area contributed by atoms with Crippen LogP contribution in [0.3, 0.4) is 0 Å². The highest BCUT2D eigenvalue weighted by Crippen LogP contribution is 2.23. The zero-order valence-corrected chi connectivity index (χ0v) is 12.6. The maximum Gasteiger partial charge on any atom is 0.224 e. The Kier molecular flexibility index (Phi) is 6.40. The number of carbonyl (C=O) groups excluding carboxylic acids is 1. The van der Waals surface area contributed by atoms with Crippen LogP contribution in [0.5, 0.6) is 0 Å². The second-order valence-electron chi connectivity index (χ2n) is 4.98. The summed E-state index contributed by atoms with van der Waals surface area (Å²) >= 11 is 0. The van der Waals surface area contributed by atoms with Gasteiger partial charge in [0.15, 0.2) is 0 Å². The molecule has 0 unspecified atom stereocenters. The molecule has 106 valence electrons. The van der Waals surface area contributed by atoms with Crippen molar-refractivity contribution in [2.75, 3.05) is 25.0 Å². The van der Waals surface area contributed by atoms with E-state index in [0.29, 0.717) is 18.9 Å². The largest absolute Gasteiger partial charge is 0.384 e. The molecule has 0 saturated heterocycles. The Morgan fingerprint density at radius 3 is 2.42 bits per heavy atom. The van der Waals surface area contributed by atoms with Gasteiger partial charge >= 0.3 is 0 Å². The Balaban J connectivity index is 2.52. The lowest BCUT2D eigenvalue weighted by molar-refractivity contribution is -0.130. The van der Waals surface area contributed by atoms with Crippen LogP contribution in [0.2, 0.25) is 0 Å².